The summed E-state index contributed by atoms with van der Waals surface area (Å²) >= 11 is 0. The van der Waals surface area contributed by atoms with Crippen LogP contribution in [0.5, 0.6) is 0 Å². The van der Waals surface area contributed by atoms with E-state index >= 15 is 0 Å². The van der Waals surface area contributed by atoms with Gasteiger partial charge in [-0.05, 0) is 71.1 Å². The highest BCUT2D eigenvalue weighted by molar-refractivity contribution is 6.18. The SMILES string of the molecule is C1=c2oc3ccc4c5ccccc5n(-c5ccc(-c6cccc(-c7ccccc7)c6)cc5)c4c3c2=CC(c2nc(-c3ccccc3)nc(-c3ccccc3)n2)C1. The molecule has 1 unspecified atom stereocenters. The zero-order chi connectivity index (χ0) is 37.0. The Morgan fingerprint density at radius 2 is 1.09 bits per heavy atom. The molecule has 0 N–H and O–H groups in total. The van der Waals surface area contributed by atoms with Crippen LogP contribution in [0.4, 0.5) is 0 Å². The van der Waals surface area contributed by atoms with Crippen molar-refractivity contribution in [3.05, 3.63) is 192 Å². The standard InChI is InChI=1S/C51H34N4O/c1-4-13-33(14-5-1)37-19-12-20-38(31-37)34-23-26-40(27-24-34)55-44-22-11-10-21-41(44)42-28-30-46-47(48(42)55)43-32-39(25-29-45(43)56-46)51-53-49(35-15-6-2-7-16-35)52-50(54-51)36-17-8-3-9-18-36/h1-24,26-32,39H,25H2. The van der Waals surface area contributed by atoms with Crippen molar-refractivity contribution in [2.75, 3.05) is 0 Å². The van der Waals surface area contributed by atoms with Crippen LogP contribution in [0.25, 0.3) is 95.6 Å². The molecule has 0 radical (unpaired) electrons. The zero-order valence-electron chi connectivity index (χ0n) is 30.4. The molecule has 0 saturated carbocycles. The van der Waals surface area contributed by atoms with Crippen molar-refractivity contribution in [2.45, 2.75) is 12.3 Å². The molecule has 0 spiro atoms. The van der Waals surface area contributed by atoms with Gasteiger partial charge in [0, 0.05) is 38.7 Å². The van der Waals surface area contributed by atoms with Crippen molar-refractivity contribution >= 4 is 44.9 Å². The van der Waals surface area contributed by atoms with Gasteiger partial charge in [0.1, 0.15) is 16.8 Å². The average Bonchev–Trinajstić information content (AvgIpc) is 3.83. The predicted octanol–water partition coefficient (Wildman–Crippen LogP) is 11.1. The van der Waals surface area contributed by atoms with Gasteiger partial charge in [0.15, 0.2) is 11.6 Å². The highest BCUT2D eigenvalue weighted by Gasteiger charge is 2.23. The highest BCUT2D eigenvalue weighted by atomic mass is 16.3. The summed E-state index contributed by atoms with van der Waals surface area (Å²) in [6.07, 6.45) is 5.23. The summed E-state index contributed by atoms with van der Waals surface area (Å²) in [5.74, 6) is 2.01. The first-order chi connectivity index (χ1) is 27.7. The maximum Gasteiger partial charge on any atom is 0.163 e. The normalized spacial score (nSPS) is 13.8. The Morgan fingerprint density at radius 3 is 1.77 bits per heavy atom. The summed E-state index contributed by atoms with van der Waals surface area (Å²) in [6.45, 7) is 0. The van der Waals surface area contributed by atoms with Crippen LogP contribution in [0, 0.1) is 0 Å². The van der Waals surface area contributed by atoms with Crippen LogP contribution >= 0.6 is 0 Å². The molecule has 264 valence electrons. The van der Waals surface area contributed by atoms with E-state index in [9.17, 15) is 0 Å². The number of para-hydroxylation sites is 1. The molecular weight excluding hydrogens is 685 g/mol. The van der Waals surface area contributed by atoms with E-state index in [1.54, 1.807) is 0 Å². The van der Waals surface area contributed by atoms with Gasteiger partial charge in [0.2, 0.25) is 0 Å². The van der Waals surface area contributed by atoms with Gasteiger partial charge in [-0.1, -0.05) is 146 Å². The topological polar surface area (TPSA) is 56.7 Å². The second-order valence-electron chi connectivity index (χ2n) is 14.3. The van der Waals surface area contributed by atoms with E-state index in [0.29, 0.717) is 11.6 Å². The molecule has 1 aliphatic rings. The van der Waals surface area contributed by atoms with E-state index in [4.69, 9.17) is 19.4 Å². The van der Waals surface area contributed by atoms with Crippen LogP contribution < -0.4 is 10.6 Å². The Kier molecular flexibility index (Phi) is 7.56. The third kappa shape index (κ3) is 5.44. The number of benzene rings is 7. The fourth-order valence-corrected chi connectivity index (χ4v) is 8.25. The van der Waals surface area contributed by atoms with E-state index in [0.717, 1.165) is 61.7 Å². The Balaban J connectivity index is 1.08. The lowest BCUT2D eigenvalue weighted by atomic mass is 9.97. The second kappa shape index (κ2) is 13.2. The van der Waals surface area contributed by atoms with E-state index in [2.05, 4.69) is 156 Å². The van der Waals surface area contributed by atoms with Crippen molar-refractivity contribution in [3.8, 4) is 50.7 Å². The van der Waals surface area contributed by atoms with E-state index in [-0.39, 0.29) is 5.92 Å². The minimum Gasteiger partial charge on any atom is -0.456 e. The number of hydrogen-bond acceptors (Lipinski definition) is 4. The van der Waals surface area contributed by atoms with E-state index in [1.165, 1.54) is 33.0 Å². The van der Waals surface area contributed by atoms with Gasteiger partial charge in [-0.3, -0.25) is 0 Å². The van der Waals surface area contributed by atoms with Crippen molar-refractivity contribution in [3.63, 3.8) is 0 Å². The summed E-state index contributed by atoms with van der Waals surface area (Å²) in [4.78, 5) is 15.1. The lowest BCUT2D eigenvalue weighted by Crippen LogP contribution is -2.26. The van der Waals surface area contributed by atoms with Crippen molar-refractivity contribution < 1.29 is 4.42 Å². The van der Waals surface area contributed by atoms with Crippen molar-refractivity contribution in [1.82, 2.24) is 19.5 Å². The van der Waals surface area contributed by atoms with Gasteiger partial charge in [-0.2, -0.15) is 0 Å². The summed E-state index contributed by atoms with van der Waals surface area (Å²) < 4.78 is 9.02. The van der Waals surface area contributed by atoms with Crippen LogP contribution in [-0.2, 0) is 0 Å². The molecule has 0 saturated heterocycles. The summed E-state index contributed by atoms with van der Waals surface area (Å²) in [5, 5.41) is 4.55. The molecule has 7 aromatic carbocycles. The molecule has 3 heterocycles. The van der Waals surface area contributed by atoms with Crippen LogP contribution in [0.1, 0.15) is 18.2 Å². The molecule has 5 heteroatoms. The smallest absolute Gasteiger partial charge is 0.163 e. The fourth-order valence-electron chi connectivity index (χ4n) is 8.25. The molecule has 11 rings (SSSR count). The minimum atomic E-state index is -0.0739. The van der Waals surface area contributed by atoms with Gasteiger partial charge >= 0.3 is 0 Å². The lowest BCUT2D eigenvalue weighted by molar-refractivity contribution is 0.569. The molecular formula is C51H34N4O. The monoisotopic (exact) mass is 718 g/mol. The van der Waals surface area contributed by atoms with Gasteiger partial charge in [0.25, 0.3) is 0 Å². The molecule has 56 heavy (non-hydrogen) atoms. The van der Waals surface area contributed by atoms with Crippen LogP contribution in [0.15, 0.2) is 180 Å². The Hall–Kier alpha value is -7.37. The zero-order valence-corrected chi connectivity index (χ0v) is 30.4. The van der Waals surface area contributed by atoms with Gasteiger partial charge < -0.3 is 8.98 Å². The quantitative estimate of drug-likeness (QED) is 0.172. The molecule has 5 nitrogen and oxygen atoms in total. The molecule has 1 atom stereocenters. The summed E-state index contributed by atoms with van der Waals surface area (Å²) in [7, 11) is 0. The van der Waals surface area contributed by atoms with Gasteiger partial charge in [0.05, 0.1) is 16.4 Å². The Labute approximate surface area is 323 Å². The number of hydrogen-bond donors (Lipinski definition) is 0. The molecule has 0 aliphatic heterocycles. The molecule has 0 fully saturated rings. The molecule has 0 bridgehead atoms. The van der Waals surface area contributed by atoms with Crippen molar-refractivity contribution in [1.29, 1.82) is 0 Å². The highest BCUT2D eigenvalue weighted by Crippen LogP contribution is 2.37. The first-order valence-electron chi connectivity index (χ1n) is 19.0. The first kappa shape index (κ1) is 32.1. The molecule has 3 aromatic heterocycles. The predicted molar refractivity (Wildman–Crippen MR) is 228 cm³/mol. The summed E-state index contributed by atoms with van der Waals surface area (Å²) in [6, 6.07) is 61.6. The van der Waals surface area contributed by atoms with Crippen LogP contribution in [0.3, 0.4) is 0 Å². The number of nitrogens with zero attached hydrogens (tertiary/aromatic N) is 4. The third-order valence-corrected chi connectivity index (χ3v) is 11.0. The number of aromatic nitrogens is 4. The largest absolute Gasteiger partial charge is 0.456 e. The molecule has 0 amide bonds. The molecule has 10 aromatic rings. The Morgan fingerprint density at radius 1 is 0.500 bits per heavy atom. The second-order valence-corrected chi connectivity index (χ2v) is 14.3. The maximum absolute atomic E-state index is 6.63. The van der Waals surface area contributed by atoms with Gasteiger partial charge in [-0.25, -0.2) is 15.0 Å². The van der Waals surface area contributed by atoms with E-state index < -0.39 is 0 Å². The minimum absolute atomic E-state index is 0.0739. The Bertz CT molecular complexity index is 3150. The fraction of sp³-hybridized carbons (Fsp3) is 0.0392. The number of fused-ring (bicyclic) bond motifs is 7. The van der Waals surface area contributed by atoms with Crippen LogP contribution in [0.2, 0.25) is 0 Å². The van der Waals surface area contributed by atoms with Crippen LogP contribution in [-0.4, -0.2) is 19.5 Å². The lowest BCUT2D eigenvalue weighted by Gasteiger charge is -2.14. The maximum atomic E-state index is 6.63. The van der Waals surface area contributed by atoms with Gasteiger partial charge in [-0.15, -0.1) is 0 Å². The number of rotatable bonds is 6. The third-order valence-electron chi connectivity index (χ3n) is 11.0. The number of furan rings is 1. The molecule has 1 aliphatic carbocycles. The van der Waals surface area contributed by atoms with E-state index in [1.807, 2.05) is 36.4 Å². The average molecular weight is 719 g/mol. The van der Waals surface area contributed by atoms with Crippen molar-refractivity contribution in [2.24, 2.45) is 0 Å². The summed E-state index contributed by atoms with van der Waals surface area (Å²) in [5.41, 5.74) is 11.8. The first-order valence-corrected chi connectivity index (χ1v) is 19.0.